The molecule has 0 fully saturated rings. The van der Waals surface area contributed by atoms with E-state index in [-0.39, 0.29) is 22.8 Å². The molecule has 0 saturated heterocycles. The van der Waals surface area contributed by atoms with Gasteiger partial charge in [-0.2, -0.15) is 13.2 Å². The van der Waals surface area contributed by atoms with Crippen LogP contribution < -0.4 is 4.72 Å². The quantitative estimate of drug-likeness (QED) is 0.373. The summed E-state index contributed by atoms with van der Waals surface area (Å²) >= 11 is 6.12. The number of hydrogen-bond acceptors (Lipinski definition) is 3. The van der Waals surface area contributed by atoms with Gasteiger partial charge in [-0.3, -0.25) is 4.79 Å². The number of hydrogen-bond donors (Lipinski definition) is 2. The van der Waals surface area contributed by atoms with Gasteiger partial charge < -0.3 is 4.98 Å². The first-order valence-corrected chi connectivity index (χ1v) is 12.5. The summed E-state index contributed by atoms with van der Waals surface area (Å²) in [6.07, 6.45) is -2.17. The van der Waals surface area contributed by atoms with Crippen molar-refractivity contribution in [2.75, 3.05) is 5.75 Å². The van der Waals surface area contributed by atoms with Crippen molar-refractivity contribution in [1.82, 2.24) is 9.71 Å². The van der Waals surface area contributed by atoms with Crippen LogP contribution in [0, 0.1) is 6.92 Å². The molecule has 0 atom stereocenters. The lowest BCUT2D eigenvalue weighted by Gasteiger charge is -2.11. The fourth-order valence-corrected chi connectivity index (χ4v) is 4.94. The highest BCUT2D eigenvalue weighted by molar-refractivity contribution is 7.90. The fourth-order valence-electron chi connectivity index (χ4n) is 3.60. The highest BCUT2D eigenvalue weighted by Gasteiger charge is 2.31. The van der Waals surface area contributed by atoms with Gasteiger partial charge in [-0.25, -0.2) is 13.1 Å². The Morgan fingerprint density at radius 3 is 2.48 bits per heavy atom. The van der Waals surface area contributed by atoms with Gasteiger partial charge in [0.05, 0.1) is 11.3 Å². The molecule has 2 N–H and O–H groups in total. The lowest BCUT2D eigenvalue weighted by Crippen LogP contribution is -2.32. The minimum Gasteiger partial charge on any atom is -0.358 e. The van der Waals surface area contributed by atoms with Crippen molar-refractivity contribution < 1.29 is 26.4 Å². The fraction of sp³-hybridized carbons (Fsp3) is 0.348. The lowest BCUT2D eigenvalue weighted by atomic mass is 9.99. The van der Waals surface area contributed by atoms with E-state index < -0.39 is 27.7 Å². The van der Waals surface area contributed by atoms with Crippen molar-refractivity contribution in [3.63, 3.8) is 0 Å². The van der Waals surface area contributed by atoms with Crippen LogP contribution in [0.3, 0.4) is 0 Å². The van der Waals surface area contributed by atoms with Gasteiger partial charge in [0.2, 0.25) is 10.0 Å². The Hall–Kier alpha value is -2.52. The second-order valence-corrected chi connectivity index (χ2v) is 10.2. The summed E-state index contributed by atoms with van der Waals surface area (Å²) in [6, 6.07) is 7.96. The maximum atomic E-state index is 12.9. The van der Waals surface area contributed by atoms with Gasteiger partial charge in [-0.05, 0) is 54.8 Å². The number of carbonyl (C=O) groups is 1. The molecule has 0 aliphatic rings. The van der Waals surface area contributed by atoms with Gasteiger partial charge in [0, 0.05) is 33.6 Å². The maximum Gasteiger partial charge on any atom is 0.416 e. The van der Waals surface area contributed by atoms with Crippen molar-refractivity contribution in [1.29, 1.82) is 0 Å². The highest BCUT2D eigenvalue weighted by atomic mass is 35.5. The Labute approximate surface area is 195 Å². The molecular formula is C23H24ClF3N2O3S. The number of alkyl halides is 3. The molecule has 0 spiro atoms. The molecule has 3 aromatic rings. The maximum absolute atomic E-state index is 12.9. The highest BCUT2D eigenvalue weighted by Crippen LogP contribution is 2.34. The third kappa shape index (κ3) is 6.09. The monoisotopic (exact) mass is 500 g/mol. The predicted molar refractivity (Wildman–Crippen MR) is 123 cm³/mol. The summed E-state index contributed by atoms with van der Waals surface area (Å²) < 4.78 is 65.2. The van der Waals surface area contributed by atoms with Crippen LogP contribution in [-0.4, -0.2) is 25.1 Å². The van der Waals surface area contributed by atoms with Crippen LogP contribution >= 0.6 is 11.6 Å². The third-order valence-corrected chi connectivity index (χ3v) is 7.07. The van der Waals surface area contributed by atoms with Gasteiger partial charge in [0.15, 0.2) is 0 Å². The molecule has 10 heteroatoms. The molecule has 178 valence electrons. The van der Waals surface area contributed by atoms with Gasteiger partial charge >= 0.3 is 6.18 Å². The number of sulfonamides is 1. The zero-order valence-corrected chi connectivity index (χ0v) is 19.7. The number of rotatable bonds is 8. The number of amides is 1. The molecule has 0 bridgehead atoms. The number of unbranched alkanes of at least 4 members (excludes halogenated alkanes) is 2. The standard InChI is InChI=1S/C23H24ClF3N2O3S/c1-3-4-5-10-33(31,32)29-22(30)16-7-9-21-19(12-16)18(14(2)28-21)11-15-6-8-17(13-20(15)24)23(25,26)27/h6-9,12-13,28H,3-5,10-11H2,1-2H3,(H,29,30). The number of benzene rings is 2. The van der Waals surface area contributed by atoms with E-state index in [4.69, 9.17) is 11.6 Å². The molecule has 3 rings (SSSR count). The normalized spacial score (nSPS) is 12.3. The average Bonchev–Trinajstić information content (AvgIpc) is 3.02. The minimum absolute atomic E-state index is 0.00866. The molecule has 0 aliphatic carbocycles. The summed E-state index contributed by atoms with van der Waals surface area (Å²) in [5.41, 5.74) is 2.08. The van der Waals surface area contributed by atoms with Crippen LogP contribution in [0.15, 0.2) is 36.4 Å². The molecule has 0 aliphatic heterocycles. The summed E-state index contributed by atoms with van der Waals surface area (Å²) in [4.78, 5) is 15.7. The van der Waals surface area contributed by atoms with E-state index in [2.05, 4.69) is 9.71 Å². The summed E-state index contributed by atoms with van der Waals surface area (Å²) in [7, 11) is -3.75. The number of aromatic nitrogens is 1. The molecule has 0 saturated carbocycles. The van der Waals surface area contributed by atoms with Crippen LogP contribution in [-0.2, 0) is 22.6 Å². The molecule has 0 radical (unpaired) electrons. The number of carbonyl (C=O) groups excluding carboxylic acids is 1. The van der Waals surface area contributed by atoms with E-state index in [0.29, 0.717) is 22.9 Å². The van der Waals surface area contributed by atoms with E-state index in [1.54, 1.807) is 12.1 Å². The molecule has 33 heavy (non-hydrogen) atoms. The summed E-state index contributed by atoms with van der Waals surface area (Å²) in [5, 5.41) is 0.658. The first-order valence-electron chi connectivity index (χ1n) is 10.4. The zero-order valence-electron chi connectivity index (χ0n) is 18.1. The Morgan fingerprint density at radius 1 is 1.12 bits per heavy atom. The second-order valence-electron chi connectivity index (χ2n) is 7.93. The van der Waals surface area contributed by atoms with Crippen molar-refractivity contribution in [3.05, 3.63) is 69.4 Å². The number of H-pyrrole nitrogens is 1. The molecule has 2 aromatic carbocycles. The van der Waals surface area contributed by atoms with Crippen LogP contribution in [0.4, 0.5) is 13.2 Å². The molecule has 1 amide bonds. The van der Waals surface area contributed by atoms with E-state index in [1.165, 1.54) is 12.1 Å². The Morgan fingerprint density at radius 2 is 1.85 bits per heavy atom. The van der Waals surface area contributed by atoms with Crippen molar-refractivity contribution in [3.8, 4) is 0 Å². The Kier molecular flexibility index (Phi) is 7.43. The van der Waals surface area contributed by atoms with E-state index in [9.17, 15) is 26.4 Å². The lowest BCUT2D eigenvalue weighted by molar-refractivity contribution is -0.137. The van der Waals surface area contributed by atoms with E-state index in [0.717, 1.165) is 36.2 Å². The minimum atomic E-state index is -4.49. The predicted octanol–water partition coefficient (Wildman–Crippen LogP) is 5.99. The SMILES string of the molecule is CCCCCS(=O)(=O)NC(=O)c1ccc2[nH]c(C)c(Cc3ccc(C(F)(F)F)cc3Cl)c2c1. The van der Waals surface area contributed by atoms with Gasteiger partial charge in [0.1, 0.15) is 0 Å². The zero-order chi connectivity index (χ0) is 24.4. The summed E-state index contributed by atoms with van der Waals surface area (Å²) in [5.74, 6) is -0.860. The largest absolute Gasteiger partial charge is 0.416 e. The van der Waals surface area contributed by atoms with Crippen LogP contribution in [0.5, 0.6) is 0 Å². The van der Waals surface area contributed by atoms with Gasteiger partial charge in [-0.1, -0.05) is 37.4 Å². The molecule has 0 unspecified atom stereocenters. The average molecular weight is 501 g/mol. The van der Waals surface area contributed by atoms with Gasteiger partial charge in [-0.15, -0.1) is 0 Å². The van der Waals surface area contributed by atoms with Crippen molar-refractivity contribution in [2.24, 2.45) is 0 Å². The summed E-state index contributed by atoms with van der Waals surface area (Å²) in [6.45, 7) is 3.76. The van der Waals surface area contributed by atoms with E-state index >= 15 is 0 Å². The van der Waals surface area contributed by atoms with Gasteiger partial charge in [0.25, 0.3) is 5.91 Å². The number of nitrogens with one attached hydrogen (secondary N) is 2. The first kappa shape index (κ1) is 25.1. The molecular weight excluding hydrogens is 477 g/mol. The number of aromatic amines is 1. The van der Waals surface area contributed by atoms with E-state index in [1.807, 2.05) is 13.8 Å². The Bertz CT molecular complexity index is 1280. The number of fused-ring (bicyclic) bond motifs is 1. The number of aryl methyl sites for hydroxylation is 1. The Balaban J connectivity index is 1.88. The first-order chi connectivity index (χ1) is 15.4. The smallest absolute Gasteiger partial charge is 0.358 e. The van der Waals surface area contributed by atoms with Crippen LogP contribution in [0.1, 0.15) is 58.9 Å². The van der Waals surface area contributed by atoms with Crippen LogP contribution in [0.2, 0.25) is 5.02 Å². The second kappa shape index (κ2) is 9.77. The number of halogens is 4. The molecule has 1 aromatic heterocycles. The van der Waals surface area contributed by atoms with Crippen LogP contribution in [0.25, 0.3) is 10.9 Å². The molecule has 5 nitrogen and oxygen atoms in total. The topological polar surface area (TPSA) is 79.0 Å². The third-order valence-electron chi connectivity index (χ3n) is 5.39. The van der Waals surface area contributed by atoms with Crippen molar-refractivity contribution >= 4 is 38.4 Å². The molecule has 1 heterocycles. The van der Waals surface area contributed by atoms with Crippen molar-refractivity contribution in [2.45, 2.75) is 45.7 Å².